The van der Waals surface area contributed by atoms with Gasteiger partial charge in [-0.05, 0) is 70.5 Å². The smallest absolute Gasteiger partial charge is 0.133 e. The highest BCUT2D eigenvalue weighted by Gasteiger charge is 2.17. The van der Waals surface area contributed by atoms with E-state index >= 15 is 0 Å². The number of thiophene rings is 1. The van der Waals surface area contributed by atoms with Crippen LogP contribution in [-0.2, 0) is 6.42 Å². The molecule has 2 nitrogen and oxygen atoms in total. The second-order valence-electron chi connectivity index (χ2n) is 4.92. The number of rotatable bonds is 7. The van der Waals surface area contributed by atoms with Gasteiger partial charge in [0.05, 0.1) is 17.1 Å². The SMILES string of the molecule is CCCOc1ccc(C(NC)c2sccc2CC)cc1Br. The van der Waals surface area contributed by atoms with Crippen LogP contribution in [0.1, 0.15) is 42.3 Å². The van der Waals surface area contributed by atoms with Crippen LogP contribution >= 0.6 is 27.3 Å². The van der Waals surface area contributed by atoms with Gasteiger partial charge in [0.2, 0.25) is 0 Å². The van der Waals surface area contributed by atoms with Gasteiger partial charge in [-0.25, -0.2) is 0 Å². The Morgan fingerprint density at radius 3 is 2.71 bits per heavy atom. The molecule has 0 fully saturated rings. The Morgan fingerprint density at radius 1 is 1.29 bits per heavy atom. The van der Waals surface area contributed by atoms with Crippen molar-refractivity contribution in [2.75, 3.05) is 13.7 Å². The predicted molar refractivity (Wildman–Crippen MR) is 94.5 cm³/mol. The van der Waals surface area contributed by atoms with Gasteiger partial charge < -0.3 is 10.1 Å². The van der Waals surface area contributed by atoms with Gasteiger partial charge in [0.25, 0.3) is 0 Å². The van der Waals surface area contributed by atoms with E-state index in [0.717, 1.165) is 29.7 Å². The van der Waals surface area contributed by atoms with Crippen LogP contribution in [0.2, 0.25) is 0 Å². The second kappa shape index (κ2) is 7.97. The number of nitrogens with one attached hydrogen (secondary N) is 1. The largest absolute Gasteiger partial charge is 0.492 e. The lowest BCUT2D eigenvalue weighted by molar-refractivity contribution is 0.315. The van der Waals surface area contributed by atoms with E-state index in [1.807, 2.05) is 18.4 Å². The van der Waals surface area contributed by atoms with Crippen LogP contribution in [0, 0.1) is 0 Å². The molecule has 1 heterocycles. The molecule has 0 saturated carbocycles. The molecule has 2 aromatic rings. The first-order valence-electron chi connectivity index (χ1n) is 7.37. The van der Waals surface area contributed by atoms with Gasteiger partial charge in [-0.3, -0.25) is 0 Å². The Kier molecular flexibility index (Phi) is 6.27. The molecule has 0 aliphatic rings. The standard InChI is InChI=1S/C17H22BrNOS/c1-4-9-20-15-7-6-13(11-14(15)18)16(19-3)17-12(5-2)8-10-21-17/h6-8,10-11,16,19H,4-5,9H2,1-3H3. The Balaban J connectivity index is 2.29. The van der Waals surface area contributed by atoms with E-state index < -0.39 is 0 Å². The van der Waals surface area contributed by atoms with Gasteiger partial charge in [0.15, 0.2) is 0 Å². The third kappa shape index (κ3) is 3.87. The zero-order valence-electron chi connectivity index (χ0n) is 12.8. The summed E-state index contributed by atoms with van der Waals surface area (Å²) in [6, 6.07) is 8.81. The van der Waals surface area contributed by atoms with Crippen LogP contribution in [0.4, 0.5) is 0 Å². The molecule has 1 aromatic heterocycles. The Hall–Kier alpha value is -0.840. The molecular formula is C17H22BrNOS. The van der Waals surface area contributed by atoms with Crippen molar-refractivity contribution in [1.82, 2.24) is 5.32 Å². The van der Waals surface area contributed by atoms with Crippen LogP contribution in [0.3, 0.4) is 0 Å². The fraction of sp³-hybridized carbons (Fsp3) is 0.412. The summed E-state index contributed by atoms with van der Waals surface area (Å²) in [6.07, 6.45) is 2.08. The summed E-state index contributed by atoms with van der Waals surface area (Å²) in [5.74, 6) is 0.914. The molecule has 4 heteroatoms. The minimum atomic E-state index is 0.233. The molecule has 0 amide bonds. The van der Waals surface area contributed by atoms with Crippen molar-refractivity contribution in [3.05, 3.63) is 50.1 Å². The molecule has 2 rings (SSSR count). The quantitative estimate of drug-likeness (QED) is 0.728. The third-order valence-electron chi connectivity index (χ3n) is 3.46. The van der Waals surface area contributed by atoms with Crippen molar-refractivity contribution < 1.29 is 4.74 Å². The molecule has 0 aliphatic heterocycles. The van der Waals surface area contributed by atoms with Crippen molar-refractivity contribution in [3.63, 3.8) is 0 Å². The lowest BCUT2D eigenvalue weighted by Gasteiger charge is -2.18. The van der Waals surface area contributed by atoms with Gasteiger partial charge in [-0.2, -0.15) is 0 Å². The van der Waals surface area contributed by atoms with Crippen molar-refractivity contribution in [3.8, 4) is 5.75 Å². The van der Waals surface area contributed by atoms with Crippen LogP contribution < -0.4 is 10.1 Å². The van der Waals surface area contributed by atoms with Crippen LogP contribution in [0.15, 0.2) is 34.1 Å². The molecule has 0 spiro atoms. The predicted octanol–water partition coefficient (Wildman–Crippen LogP) is 5.17. The van der Waals surface area contributed by atoms with E-state index in [1.165, 1.54) is 16.0 Å². The number of benzene rings is 1. The number of ether oxygens (including phenoxy) is 1. The molecule has 114 valence electrons. The fourth-order valence-electron chi connectivity index (χ4n) is 2.37. The average Bonchev–Trinajstić information content (AvgIpc) is 2.95. The Labute approximate surface area is 139 Å². The lowest BCUT2D eigenvalue weighted by Crippen LogP contribution is -2.17. The molecule has 0 aliphatic carbocycles. The van der Waals surface area contributed by atoms with Crippen molar-refractivity contribution >= 4 is 27.3 Å². The van der Waals surface area contributed by atoms with Gasteiger partial charge >= 0.3 is 0 Å². The summed E-state index contributed by atoms with van der Waals surface area (Å²) in [7, 11) is 2.01. The maximum Gasteiger partial charge on any atom is 0.133 e. The van der Waals surface area contributed by atoms with Crippen molar-refractivity contribution in [1.29, 1.82) is 0 Å². The molecule has 1 unspecified atom stereocenters. The van der Waals surface area contributed by atoms with Gasteiger partial charge in [-0.15, -0.1) is 11.3 Å². The van der Waals surface area contributed by atoms with E-state index in [-0.39, 0.29) is 6.04 Å². The fourth-order valence-corrected chi connectivity index (χ4v) is 4.01. The molecule has 0 saturated heterocycles. The summed E-state index contributed by atoms with van der Waals surface area (Å²) < 4.78 is 6.74. The minimum absolute atomic E-state index is 0.233. The highest BCUT2D eigenvalue weighted by Crippen LogP contribution is 2.34. The number of halogens is 1. The maximum atomic E-state index is 5.73. The minimum Gasteiger partial charge on any atom is -0.492 e. The third-order valence-corrected chi connectivity index (χ3v) is 5.11. The van der Waals surface area contributed by atoms with E-state index in [4.69, 9.17) is 4.74 Å². The molecule has 0 radical (unpaired) electrons. The van der Waals surface area contributed by atoms with E-state index in [9.17, 15) is 0 Å². The van der Waals surface area contributed by atoms with E-state index in [0.29, 0.717) is 0 Å². The Bertz CT molecular complexity index is 582. The first-order chi connectivity index (χ1) is 10.2. The number of hydrogen-bond acceptors (Lipinski definition) is 3. The van der Waals surface area contributed by atoms with Gasteiger partial charge in [0, 0.05) is 4.88 Å². The first-order valence-corrected chi connectivity index (χ1v) is 9.04. The summed E-state index contributed by atoms with van der Waals surface area (Å²) >= 11 is 5.44. The lowest BCUT2D eigenvalue weighted by atomic mass is 10.0. The number of aryl methyl sites for hydroxylation is 1. The average molecular weight is 368 g/mol. The van der Waals surface area contributed by atoms with E-state index in [1.54, 1.807) is 0 Å². The molecule has 1 aromatic carbocycles. The molecule has 1 N–H and O–H groups in total. The summed E-state index contributed by atoms with van der Waals surface area (Å²) in [6.45, 7) is 5.07. The molecule has 21 heavy (non-hydrogen) atoms. The second-order valence-corrected chi connectivity index (χ2v) is 6.73. The topological polar surface area (TPSA) is 21.3 Å². The van der Waals surface area contributed by atoms with Crippen molar-refractivity contribution in [2.45, 2.75) is 32.7 Å². The summed E-state index contributed by atoms with van der Waals surface area (Å²) in [5, 5.41) is 5.61. The maximum absolute atomic E-state index is 5.73. The van der Waals surface area contributed by atoms with Crippen LogP contribution in [-0.4, -0.2) is 13.7 Å². The van der Waals surface area contributed by atoms with Crippen LogP contribution in [0.25, 0.3) is 0 Å². The molecular weight excluding hydrogens is 346 g/mol. The highest BCUT2D eigenvalue weighted by molar-refractivity contribution is 9.10. The van der Waals surface area contributed by atoms with Crippen molar-refractivity contribution in [2.24, 2.45) is 0 Å². The van der Waals surface area contributed by atoms with Gasteiger partial charge in [-0.1, -0.05) is 19.9 Å². The highest BCUT2D eigenvalue weighted by atomic mass is 79.9. The summed E-state index contributed by atoms with van der Waals surface area (Å²) in [5.41, 5.74) is 2.67. The normalized spacial score (nSPS) is 12.4. The monoisotopic (exact) mass is 367 g/mol. The van der Waals surface area contributed by atoms with E-state index in [2.05, 4.69) is 64.7 Å². The molecule has 0 bridgehead atoms. The molecule has 1 atom stereocenters. The summed E-state index contributed by atoms with van der Waals surface area (Å²) in [4.78, 5) is 1.40. The van der Waals surface area contributed by atoms with Crippen LogP contribution in [0.5, 0.6) is 5.75 Å². The Morgan fingerprint density at radius 2 is 2.10 bits per heavy atom. The number of hydrogen-bond donors (Lipinski definition) is 1. The zero-order chi connectivity index (χ0) is 15.2. The zero-order valence-corrected chi connectivity index (χ0v) is 15.2. The first kappa shape index (κ1) is 16.5. The van der Waals surface area contributed by atoms with Gasteiger partial charge in [0.1, 0.15) is 5.75 Å².